The van der Waals surface area contributed by atoms with E-state index in [-0.39, 0.29) is 0 Å². The van der Waals surface area contributed by atoms with Gasteiger partial charge in [0.25, 0.3) is 0 Å². The molecule has 1 fully saturated rings. The summed E-state index contributed by atoms with van der Waals surface area (Å²) in [5.74, 6) is 2.52. The highest BCUT2D eigenvalue weighted by Gasteiger charge is 2.33. The molecule has 1 aliphatic rings. The predicted octanol–water partition coefficient (Wildman–Crippen LogP) is 3.56. The van der Waals surface area contributed by atoms with Gasteiger partial charge in [-0.3, -0.25) is 0 Å². The van der Waals surface area contributed by atoms with Crippen LogP contribution in [0.1, 0.15) is 38.8 Å². The second-order valence-electron chi connectivity index (χ2n) is 6.62. The molecule has 2 rings (SSSR count). The van der Waals surface area contributed by atoms with E-state index in [0.29, 0.717) is 12.0 Å². The molecule has 0 aliphatic heterocycles. The highest BCUT2D eigenvalue weighted by atomic mass is 15.1. The van der Waals surface area contributed by atoms with Crippen LogP contribution in [0.2, 0.25) is 0 Å². The van der Waals surface area contributed by atoms with Gasteiger partial charge in [-0.25, -0.2) is 0 Å². The van der Waals surface area contributed by atoms with Gasteiger partial charge in [-0.05, 0) is 43.3 Å². The van der Waals surface area contributed by atoms with Crippen LogP contribution in [0.5, 0.6) is 0 Å². The first-order chi connectivity index (χ1) is 9.61. The maximum Gasteiger partial charge on any atom is 0.0358 e. The van der Waals surface area contributed by atoms with Gasteiger partial charge in [-0.1, -0.05) is 51.1 Å². The van der Waals surface area contributed by atoms with Crippen molar-refractivity contribution in [2.24, 2.45) is 17.8 Å². The van der Waals surface area contributed by atoms with Gasteiger partial charge in [0.1, 0.15) is 0 Å². The molecule has 1 saturated carbocycles. The second kappa shape index (κ2) is 7.24. The van der Waals surface area contributed by atoms with Crippen molar-refractivity contribution in [3.63, 3.8) is 0 Å². The van der Waals surface area contributed by atoms with Crippen LogP contribution in [0.4, 0.5) is 0 Å². The van der Waals surface area contributed by atoms with Gasteiger partial charge in [0.05, 0.1) is 0 Å². The van der Waals surface area contributed by atoms with Gasteiger partial charge in [0.2, 0.25) is 0 Å². The molecule has 1 aromatic carbocycles. The first-order valence-electron chi connectivity index (χ1n) is 8.08. The van der Waals surface area contributed by atoms with Crippen molar-refractivity contribution in [3.05, 3.63) is 35.9 Å². The zero-order valence-electron chi connectivity index (χ0n) is 13.5. The third kappa shape index (κ3) is 4.32. The lowest BCUT2D eigenvalue weighted by Gasteiger charge is -2.29. The van der Waals surface area contributed by atoms with E-state index in [4.69, 9.17) is 0 Å². The molecule has 1 N–H and O–H groups in total. The molecule has 0 bridgehead atoms. The van der Waals surface area contributed by atoms with Crippen molar-refractivity contribution in [1.29, 1.82) is 0 Å². The van der Waals surface area contributed by atoms with E-state index in [1.807, 2.05) is 0 Å². The normalized spacial score (nSPS) is 24.6. The molecule has 2 heteroatoms. The Bertz CT molecular complexity index is 390. The molecule has 1 aliphatic carbocycles. The lowest BCUT2D eigenvalue weighted by molar-refractivity contribution is 0.238. The van der Waals surface area contributed by atoms with Gasteiger partial charge in [-0.15, -0.1) is 0 Å². The number of benzene rings is 1. The first-order valence-corrected chi connectivity index (χ1v) is 8.08. The Hall–Kier alpha value is -0.860. The minimum atomic E-state index is 0.459. The predicted molar refractivity (Wildman–Crippen MR) is 86.8 cm³/mol. The SMILES string of the molecule is CCNC(c1ccccc1)C(C)CN(C)CC1CC1C. The lowest BCUT2D eigenvalue weighted by Crippen LogP contribution is -2.35. The molecule has 4 unspecified atom stereocenters. The molecule has 112 valence electrons. The van der Waals surface area contributed by atoms with Crippen molar-refractivity contribution in [2.75, 3.05) is 26.7 Å². The molecule has 0 radical (unpaired) electrons. The highest BCUT2D eigenvalue weighted by Crippen LogP contribution is 2.38. The number of nitrogens with zero attached hydrogens (tertiary/aromatic N) is 1. The van der Waals surface area contributed by atoms with Gasteiger partial charge in [-0.2, -0.15) is 0 Å². The Morgan fingerprint density at radius 2 is 1.95 bits per heavy atom. The van der Waals surface area contributed by atoms with Crippen LogP contribution >= 0.6 is 0 Å². The monoisotopic (exact) mass is 274 g/mol. The Morgan fingerprint density at radius 3 is 2.50 bits per heavy atom. The van der Waals surface area contributed by atoms with E-state index in [1.54, 1.807) is 0 Å². The summed E-state index contributed by atoms with van der Waals surface area (Å²) < 4.78 is 0. The number of hydrogen-bond acceptors (Lipinski definition) is 2. The minimum absolute atomic E-state index is 0.459. The molecule has 1 aromatic rings. The van der Waals surface area contributed by atoms with E-state index in [2.05, 4.69) is 68.4 Å². The average Bonchev–Trinajstić information content (AvgIpc) is 3.11. The summed E-state index contributed by atoms with van der Waals surface area (Å²) in [5.41, 5.74) is 1.41. The van der Waals surface area contributed by atoms with Gasteiger partial charge in [0, 0.05) is 19.1 Å². The van der Waals surface area contributed by atoms with Crippen molar-refractivity contribution < 1.29 is 0 Å². The van der Waals surface area contributed by atoms with Crippen molar-refractivity contribution in [2.45, 2.75) is 33.2 Å². The number of nitrogens with one attached hydrogen (secondary N) is 1. The first kappa shape index (κ1) is 15.5. The standard InChI is InChI=1S/C18H30N2/c1-5-19-18(16-9-7-6-8-10-16)15(3)12-20(4)13-17-11-14(17)2/h6-10,14-15,17-19H,5,11-13H2,1-4H3. The molecule has 0 saturated heterocycles. The highest BCUT2D eigenvalue weighted by molar-refractivity contribution is 5.19. The van der Waals surface area contributed by atoms with Crippen LogP contribution in [-0.4, -0.2) is 31.6 Å². The Morgan fingerprint density at radius 1 is 1.30 bits per heavy atom. The summed E-state index contributed by atoms with van der Waals surface area (Å²) in [4.78, 5) is 2.52. The molecule has 4 atom stereocenters. The zero-order valence-corrected chi connectivity index (χ0v) is 13.5. The zero-order chi connectivity index (χ0) is 14.5. The third-order valence-electron chi connectivity index (χ3n) is 4.57. The Kier molecular flexibility index (Phi) is 5.62. The molecular formula is C18H30N2. The molecule has 0 heterocycles. The van der Waals surface area contributed by atoms with E-state index >= 15 is 0 Å². The fraction of sp³-hybridized carbons (Fsp3) is 0.667. The average molecular weight is 274 g/mol. The van der Waals surface area contributed by atoms with Crippen LogP contribution in [0.3, 0.4) is 0 Å². The van der Waals surface area contributed by atoms with Crippen LogP contribution in [0.25, 0.3) is 0 Å². The molecule has 2 nitrogen and oxygen atoms in total. The van der Waals surface area contributed by atoms with Crippen molar-refractivity contribution in [3.8, 4) is 0 Å². The van der Waals surface area contributed by atoms with E-state index in [9.17, 15) is 0 Å². The summed E-state index contributed by atoms with van der Waals surface area (Å²) in [6, 6.07) is 11.3. The second-order valence-corrected chi connectivity index (χ2v) is 6.62. The van der Waals surface area contributed by atoms with Crippen LogP contribution in [0, 0.1) is 17.8 Å². The lowest BCUT2D eigenvalue weighted by atomic mass is 9.94. The third-order valence-corrected chi connectivity index (χ3v) is 4.57. The van der Waals surface area contributed by atoms with Crippen LogP contribution in [0.15, 0.2) is 30.3 Å². The minimum Gasteiger partial charge on any atom is -0.310 e. The van der Waals surface area contributed by atoms with E-state index in [1.165, 1.54) is 18.5 Å². The number of rotatable bonds is 8. The van der Waals surface area contributed by atoms with Crippen molar-refractivity contribution in [1.82, 2.24) is 10.2 Å². The largest absolute Gasteiger partial charge is 0.310 e. The fourth-order valence-electron chi connectivity index (χ4n) is 3.25. The summed E-state index contributed by atoms with van der Waals surface area (Å²) in [6.07, 6.45) is 1.42. The Labute approximate surface area is 124 Å². The summed E-state index contributed by atoms with van der Waals surface area (Å²) >= 11 is 0. The number of hydrogen-bond donors (Lipinski definition) is 1. The van der Waals surface area contributed by atoms with E-state index in [0.717, 1.165) is 24.9 Å². The topological polar surface area (TPSA) is 15.3 Å². The van der Waals surface area contributed by atoms with Gasteiger partial charge in [0.15, 0.2) is 0 Å². The molecule has 0 amide bonds. The molecule has 20 heavy (non-hydrogen) atoms. The van der Waals surface area contributed by atoms with Crippen LogP contribution in [-0.2, 0) is 0 Å². The van der Waals surface area contributed by atoms with Crippen LogP contribution < -0.4 is 5.32 Å². The van der Waals surface area contributed by atoms with Gasteiger partial charge >= 0.3 is 0 Å². The smallest absolute Gasteiger partial charge is 0.0358 e. The summed E-state index contributed by atoms with van der Waals surface area (Å²) in [5, 5.41) is 3.66. The Balaban J connectivity index is 1.91. The maximum absolute atomic E-state index is 3.66. The van der Waals surface area contributed by atoms with E-state index < -0.39 is 0 Å². The summed E-state index contributed by atoms with van der Waals surface area (Å²) in [6.45, 7) is 10.4. The maximum atomic E-state index is 3.66. The molecule has 0 spiro atoms. The molecule has 0 aromatic heterocycles. The quantitative estimate of drug-likeness (QED) is 0.780. The van der Waals surface area contributed by atoms with Crippen molar-refractivity contribution >= 4 is 0 Å². The molecular weight excluding hydrogens is 244 g/mol. The summed E-state index contributed by atoms with van der Waals surface area (Å²) in [7, 11) is 2.27. The fourth-order valence-corrected chi connectivity index (χ4v) is 3.25. The van der Waals surface area contributed by atoms with Gasteiger partial charge < -0.3 is 10.2 Å².